The maximum Gasteiger partial charge on any atom is 0.255 e. The summed E-state index contributed by atoms with van der Waals surface area (Å²) < 4.78 is 0. The molecular formula is C15H18N2O3S. The van der Waals surface area contributed by atoms with E-state index < -0.39 is 16.1 Å². The van der Waals surface area contributed by atoms with E-state index in [-0.39, 0.29) is 24.1 Å². The molecule has 0 aliphatic carbocycles. The van der Waals surface area contributed by atoms with Gasteiger partial charge in [0.2, 0.25) is 11.8 Å². The average Bonchev–Trinajstić information content (AvgIpc) is 2.62. The van der Waals surface area contributed by atoms with E-state index >= 15 is 0 Å². The number of imide groups is 1. The molecule has 3 amide bonds. The molecule has 112 valence electrons. The maximum atomic E-state index is 12.6. The Bertz CT molecular complexity index is 631. The molecule has 3 rings (SSSR count). The molecule has 0 aromatic rings. The Morgan fingerprint density at radius 3 is 2.62 bits per heavy atom. The second-order valence-electron chi connectivity index (χ2n) is 5.93. The molecule has 1 atom stereocenters. The molecule has 5 nitrogen and oxygen atoms in total. The van der Waals surface area contributed by atoms with Crippen LogP contribution >= 0.6 is 10.0 Å². The van der Waals surface area contributed by atoms with Crippen molar-refractivity contribution in [2.45, 2.75) is 18.9 Å². The first-order valence-corrected chi connectivity index (χ1v) is 9.42. The third kappa shape index (κ3) is 2.55. The van der Waals surface area contributed by atoms with Crippen LogP contribution in [0, 0.1) is 0 Å². The molecule has 3 aliphatic rings. The average molecular weight is 306 g/mol. The van der Waals surface area contributed by atoms with Crippen molar-refractivity contribution in [3.8, 4) is 0 Å². The first kappa shape index (κ1) is 14.1. The lowest BCUT2D eigenvalue weighted by Gasteiger charge is -2.30. The van der Waals surface area contributed by atoms with Gasteiger partial charge in [0.1, 0.15) is 6.04 Å². The van der Waals surface area contributed by atoms with Gasteiger partial charge in [0.05, 0.1) is 0 Å². The predicted molar refractivity (Wildman–Crippen MR) is 82.6 cm³/mol. The number of nitrogens with one attached hydrogen (secondary N) is 1. The number of amides is 3. The van der Waals surface area contributed by atoms with E-state index in [0.717, 1.165) is 5.57 Å². The number of hydrogen-bond donors (Lipinski definition) is 1. The van der Waals surface area contributed by atoms with Gasteiger partial charge in [0, 0.05) is 18.5 Å². The van der Waals surface area contributed by atoms with Crippen LogP contribution in [-0.4, -0.2) is 47.7 Å². The lowest BCUT2D eigenvalue weighted by atomic mass is 10.0. The van der Waals surface area contributed by atoms with Crippen LogP contribution in [0.2, 0.25) is 0 Å². The van der Waals surface area contributed by atoms with Crippen LogP contribution in [0.3, 0.4) is 0 Å². The van der Waals surface area contributed by atoms with Gasteiger partial charge in [-0.15, -0.1) is 0 Å². The summed E-state index contributed by atoms with van der Waals surface area (Å²) in [5.74, 6) is -0.740. The summed E-state index contributed by atoms with van der Waals surface area (Å²) >= 11 is 0. The highest BCUT2D eigenvalue weighted by molar-refractivity contribution is 8.37. The number of piperidine rings is 1. The quantitative estimate of drug-likeness (QED) is 0.736. The van der Waals surface area contributed by atoms with Crippen LogP contribution in [0.1, 0.15) is 12.8 Å². The van der Waals surface area contributed by atoms with Gasteiger partial charge >= 0.3 is 0 Å². The van der Waals surface area contributed by atoms with Crippen molar-refractivity contribution in [2.75, 3.05) is 19.1 Å². The van der Waals surface area contributed by atoms with Crippen LogP contribution < -0.4 is 5.32 Å². The summed E-state index contributed by atoms with van der Waals surface area (Å²) in [6.07, 6.45) is 8.90. The lowest BCUT2D eigenvalue weighted by molar-refractivity contribution is -0.142. The topological polar surface area (TPSA) is 66.5 Å². The lowest BCUT2D eigenvalue weighted by Crippen LogP contribution is -2.53. The predicted octanol–water partition coefficient (Wildman–Crippen LogP) is 1.04. The highest BCUT2D eigenvalue weighted by Gasteiger charge is 2.39. The zero-order chi connectivity index (χ0) is 15.2. The fourth-order valence-electron chi connectivity index (χ4n) is 2.73. The normalized spacial score (nSPS) is 29.3. The van der Waals surface area contributed by atoms with Crippen molar-refractivity contribution >= 4 is 27.7 Å². The van der Waals surface area contributed by atoms with E-state index in [1.54, 1.807) is 4.90 Å². The number of hydrogen-bond acceptors (Lipinski definition) is 3. The van der Waals surface area contributed by atoms with Gasteiger partial charge < -0.3 is 4.90 Å². The van der Waals surface area contributed by atoms with Gasteiger partial charge in [-0.2, -0.15) is 0 Å². The van der Waals surface area contributed by atoms with Gasteiger partial charge in [0.25, 0.3) is 5.91 Å². The molecule has 1 fully saturated rings. The smallest absolute Gasteiger partial charge is 0.255 e. The largest absolute Gasteiger partial charge is 0.322 e. The summed E-state index contributed by atoms with van der Waals surface area (Å²) in [5.41, 5.74) is 1.63. The molecule has 0 radical (unpaired) electrons. The molecule has 3 heterocycles. The molecule has 6 heteroatoms. The zero-order valence-corrected chi connectivity index (χ0v) is 12.9. The molecule has 3 aliphatic heterocycles. The molecule has 0 bridgehead atoms. The number of carbonyl (C=O) groups excluding carboxylic acids is 3. The fourth-order valence-corrected chi connectivity index (χ4v) is 3.82. The molecule has 21 heavy (non-hydrogen) atoms. The molecular weight excluding hydrogens is 288 g/mol. The standard InChI is InChI=1S/C15H18N2O3S/c1-21(2)7-5-10-9-17(15(20)11(10)6-8-21)12-3-4-13(18)16-14(12)19/h5-8,12H,3-4,9H2,1-2H3,(H,16,18,19). The highest BCUT2D eigenvalue weighted by Crippen LogP contribution is 2.46. The fraction of sp³-hybridized carbons (Fsp3) is 0.400. The SMILES string of the molecule is CS1(C)C=CC2=C(C=C1)C(=O)N(C1CCC(=O)NC1=O)C2. The monoisotopic (exact) mass is 306 g/mol. The van der Waals surface area contributed by atoms with Gasteiger partial charge in [-0.25, -0.2) is 10.0 Å². The second kappa shape index (κ2) is 4.87. The summed E-state index contributed by atoms with van der Waals surface area (Å²) in [5, 5.41) is 6.54. The minimum absolute atomic E-state index is 0.113. The first-order valence-electron chi connectivity index (χ1n) is 6.85. The Kier molecular flexibility index (Phi) is 3.28. The van der Waals surface area contributed by atoms with E-state index in [1.165, 1.54) is 0 Å². The van der Waals surface area contributed by atoms with Crippen molar-refractivity contribution < 1.29 is 14.4 Å². The van der Waals surface area contributed by atoms with Crippen molar-refractivity contribution in [1.29, 1.82) is 0 Å². The van der Waals surface area contributed by atoms with E-state index in [1.807, 2.05) is 12.2 Å². The van der Waals surface area contributed by atoms with Crippen LogP contribution in [-0.2, 0) is 14.4 Å². The third-order valence-electron chi connectivity index (χ3n) is 3.97. The minimum atomic E-state index is -0.943. The van der Waals surface area contributed by atoms with Crippen molar-refractivity contribution in [3.63, 3.8) is 0 Å². The number of carbonyl (C=O) groups is 3. The zero-order valence-electron chi connectivity index (χ0n) is 12.1. The van der Waals surface area contributed by atoms with Gasteiger partial charge in [-0.05, 0) is 41.4 Å². The molecule has 1 saturated heterocycles. The van der Waals surface area contributed by atoms with Crippen LogP contribution in [0.4, 0.5) is 0 Å². The Morgan fingerprint density at radius 1 is 1.19 bits per heavy atom. The Morgan fingerprint density at radius 2 is 1.90 bits per heavy atom. The van der Waals surface area contributed by atoms with E-state index in [9.17, 15) is 14.4 Å². The summed E-state index contributed by atoms with van der Waals surface area (Å²) in [6.45, 7) is 0.441. The van der Waals surface area contributed by atoms with Crippen LogP contribution in [0.15, 0.2) is 34.1 Å². The van der Waals surface area contributed by atoms with E-state index in [0.29, 0.717) is 18.5 Å². The highest BCUT2D eigenvalue weighted by atomic mass is 32.3. The molecule has 1 N–H and O–H groups in total. The molecule has 0 saturated carbocycles. The summed E-state index contributed by atoms with van der Waals surface area (Å²) in [7, 11) is -0.943. The summed E-state index contributed by atoms with van der Waals surface area (Å²) in [6, 6.07) is -0.538. The van der Waals surface area contributed by atoms with Crippen molar-refractivity contribution in [3.05, 3.63) is 34.1 Å². The second-order valence-corrected chi connectivity index (χ2v) is 9.45. The van der Waals surface area contributed by atoms with Gasteiger partial charge in [-0.1, -0.05) is 6.08 Å². The minimum Gasteiger partial charge on any atom is -0.322 e. The van der Waals surface area contributed by atoms with E-state index in [2.05, 4.69) is 28.6 Å². The van der Waals surface area contributed by atoms with Gasteiger partial charge in [-0.3, -0.25) is 19.7 Å². The van der Waals surface area contributed by atoms with Crippen LogP contribution in [0.25, 0.3) is 0 Å². The molecule has 0 spiro atoms. The molecule has 1 unspecified atom stereocenters. The number of rotatable bonds is 1. The maximum absolute atomic E-state index is 12.6. The van der Waals surface area contributed by atoms with Crippen molar-refractivity contribution in [1.82, 2.24) is 10.2 Å². The van der Waals surface area contributed by atoms with Crippen molar-refractivity contribution in [2.24, 2.45) is 0 Å². The Balaban J connectivity index is 1.83. The Hall–Kier alpha value is -1.82. The Labute approximate surface area is 125 Å². The molecule has 0 aromatic carbocycles. The number of nitrogens with zero attached hydrogens (tertiary/aromatic N) is 1. The third-order valence-corrected chi connectivity index (χ3v) is 5.64. The van der Waals surface area contributed by atoms with Crippen LogP contribution in [0.5, 0.6) is 0 Å². The first-order chi connectivity index (χ1) is 9.87. The van der Waals surface area contributed by atoms with E-state index in [4.69, 9.17) is 0 Å². The molecule has 0 aromatic heterocycles. The summed E-state index contributed by atoms with van der Waals surface area (Å²) in [4.78, 5) is 37.3. The van der Waals surface area contributed by atoms with Gasteiger partial charge in [0.15, 0.2) is 0 Å².